The van der Waals surface area contributed by atoms with E-state index in [0.717, 1.165) is 0 Å². The lowest BCUT2D eigenvalue weighted by molar-refractivity contribution is -0.159. The van der Waals surface area contributed by atoms with Gasteiger partial charge in [0.25, 0.3) is 0 Å². The Morgan fingerprint density at radius 3 is 0.929 bits per heavy atom. The zero-order chi connectivity index (χ0) is 12.2. The van der Waals surface area contributed by atoms with Gasteiger partial charge in [-0.15, -0.1) is 0 Å². The van der Waals surface area contributed by atoms with Crippen LogP contribution in [0.1, 0.15) is 27.7 Å². The van der Waals surface area contributed by atoms with Crippen LogP contribution in [0.5, 0.6) is 0 Å². The van der Waals surface area contributed by atoms with E-state index in [-0.39, 0.29) is 0 Å². The highest BCUT2D eigenvalue weighted by Gasteiger charge is 2.31. The fourth-order valence-electron chi connectivity index (χ4n) is 0. The summed E-state index contributed by atoms with van der Waals surface area (Å²) in [4.78, 5) is 18.2. The second-order valence-electron chi connectivity index (χ2n) is 3.73. The molecule has 0 aromatic carbocycles. The Hall–Kier alpha value is -1.14. The maximum atomic E-state index is 9.10. The van der Waals surface area contributed by atoms with E-state index >= 15 is 0 Å². The predicted octanol–water partition coefficient (Wildman–Crippen LogP) is -0.316. The van der Waals surface area contributed by atoms with Crippen LogP contribution in [0.15, 0.2) is 0 Å². The summed E-state index contributed by atoms with van der Waals surface area (Å²) < 4.78 is 0. The number of hydrogen-bond donors (Lipinski definition) is 4. The smallest absolute Gasteiger partial charge is 0.414 e. The van der Waals surface area contributed by atoms with Gasteiger partial charge in [0.1, 0.15) is 0 Å². The molecular weight excluding hydrogens is 192 g/mol. The van der Waals surface area contributed by atoms with Crippen molar-refractivity contribution >= 4 is 11.9 Å². The summed E-state index contributed by atoms with van der Waals surface area (Å²) in [6.07, 6.45) is 0. The Kier molecular flexibility index (Phi) is 5.39. The van der Waals surface area contributed by atoms with E-state index in [4.69, 9.17) is 30.0 Å². The highest BCUT2D eigenvalue weighted by atomic mass is 16.4. The lowest BCUT2D eigenvalue weighted by Crippen LogP contribution is -2.44. The summed E-state index contributed by atoms with van der Waals surface area (Å²) in [5.41, 5.74) is -2.01. The summed E-state index contributed by atoms with van der Waals surface area (Å²) in [5.74, 6) is -3.65. The standard InChI is InChI=1S/C6H14O2.C2H2O4/c1-5(2,7)6(3,4)8;3-1(4)2(5)6/h7-8H,1-4H3;(H,3,4)(H,5,6). The SMILES string of the molecule is CC(C)(O)C(C)(C)O.O=C(O)C(=O)O. The molecule has 14 heavy (non-hydrogen) atoms. The van der Waals surface area contributed by atoms with Crippen molar-refractivity contribution < 1.29 is 30.0 Å². The van der Waals surface area contributed by atoms with Gasteiger partial charge in [-0.05, 0) is 27.7 Å². The second kappa shape index (κ2) is 4.92. The zero-order valence-electron chi connectivity index (χ0n) is 8.61. The molecular formula is C8H16O6. The molecule has 0 unspecified atom stereocenters. The summed E-state index contributed by atoms with van der Waals surface area (Å²) in [5, 5.41) is 33.0. The molecule has 0 saturated heterocycles. The Morgan fingerprint density at radius 2 is 0.929 bits per heavy atom. The van der Waals surface area contributed by atoms with Crippen molar-refractivity contribution in [2.75, 3.05) is 0 Å². The number of carbonyl (C=O) groups is 2. The Balaban J connectivity index is 0. The van der Waals surface area contributed by atoms with Gasteiger partial charge in [-0.25, -0.2) is 9.59 Å². The monoisotopic (exact) mass is 208 g/mol. The second-order valence-corrected chi connectivity index (χ2v) is 3.73. The van der Waals surface area contributed by atoms with Crippen molar-refractivity contribution in [3.05, 3.63) is 0 Å². The van der Waals surface area contributed by atoms with Crippen LogP contribution in [0, 0.1) is 0 Å². The van der Waals surface area contributed by atoms with Gasteiger partial charge < -0.3 is 20.4 Å². The van der Waals surface area contributed by atoms with Crippen LogP contribution < -0.4 is 0 Å². The first-order valence-electron chi connectivity index (χ1n) is 3.80. The largest absolute Gasteiger partial charge is 0.473 e. The van der Waals surface area contributed by atoms with Crippen molar-refractivity contribution in [2.45, 2.75) is 38.9 Å². The van der Waals surface area contributed by atoms with Crippen molar-refractivity contribution in [1.82, 2.24) is 0 Å². The van der Waals surface area contributed by atoms with Gasteiger partial charge >= 0.3 is 11.9 Å². The molecule has 6 nitrogen and oxygen atoms in total. The first-order chi connectivity index (χ1) is 5.89. The summed E-state index contributed by atoms with van der Waals surface area (Å²) in [6, 6.07) is 0. The van der Waals surface area contributed by atoms with E-state index in [2.05, 4.69) is 0 Å². The fraction of sp³-hybridized carbons (Fsp3) is 0.750. The molecule has 0 amide bonds. The van der Waals surface area contributed by atoms with E-state index in [0.29, 0.717) is 0 Å². The fourth-order valence-corrected chi connectivity index (χ4v) is 0. The Bertz CT molecular complexity index is 183. The van der Waals surface area contributed by atoms with Crippen LogP contribution >= 0.6 is 0 Å². The Morgan fingerprint density at radius 1 is 0.786 bits per heavy atom. The van der Waals surface area contributed by atoms with Gasteiger partial charge in [0.15, 0.2) is 0 Å². The van der Waals surface area contributed by atoms with Crippen LogP contribution in [0.4, 0.5) is 0 Å². The van der Waals surface area contributed by atoms with E-state index in [1.807, 2.05) is 0 Å². The molecule has 0 atom stereocenters. The van der Waals surface area contributed by atoms with E-state index < -0.39 is 23.1 Å². The number of carboxylic acids is 2. The van der Waals surface area contributed by atoms with Crippen molar-refractivity contribution in [1.29, 1.82) is 0 Å². The Labute approximate surface area is 81.8 Å². The van der Waals surface area contributed by atoms with E-state index in [1.54, 1.807) is 27.7 Å². The molecule has 6 heteroatoms. The zero-order valence-corrected chi connectivity index (χ0v) is 8.61. The first-order valence-corrected chi connectivity index (χ1v) is 3.80. The van der Waals surface area contributed by atoms with Gasteiger partial charge in [0, 0.05) is 0 Å². The third kappa shape index (κ3) is 7.51. The molecule has 0 heterocycles. The summed E-state index contributed by atoms with van der Waals surface area (Å²) >= 11 is 0. The number of aliphatic carboxylic acids is 2. The molecule has 0 aliphatic rings. The molecule has 0 spiro atoms. The van der Waals surface area contributed by atoms with Crippen LogP contribution in [-0.4, -0.2) is 43.6 Å². The third-order valence-corrected chi connectivity index (χ3v) is 1.68. The number of aliphatic hydroxyl groups is 2. The van der Waals surface area contributed by atoms with E-state index in [1.165, 1.54) is 0 Å². The van der Waals surface area contributed by atoms with Gasteiger partial charge in [-0.3, -0.25) is 0 Å². The predicted molar refractivity (Wildman–Crippen MR) is 47.9 cm³/mol. The van der Waals surface area contributed by atoms with Crippen LogP contribution in [0.3, 0.4) is 0 Å². The first kappa shape index (κ1) is 15.3. The normalized spacial score (nSPS) is 11.3. The van der Waals surface area contributed by atoms with Gasteiger partial charge in [0.2, 0.25) is 0 Å². The average molecular weight is 208 g/mol. The molecule has 0 fully saturated rings. The summed E-state index contributed by atoms with van der Waals surface area (Å²) in [6.45, 7) is 6.31. The minimum atomic E-state index is -1.82. The third-order valence-electron chi connectivity index (χ3n) is 1.68. The molecule has 84 valence electrons. The van der Waals surface area contributed by atoms with Crippen molar-refractivity contribution in [3.8, 4) is 0 Å². The van der Waals surface area contributed by atoms with Crippen molar-refractivity contribution in [3.63, 3.8) is 0 Å². The highest BCUT2D eigenvalue weighted by Crippen LogP contribution is 2.19. The lowest BCUT2D eigenvalue weighted by atomic mass is 9.90. The van der Waals surface area contributed by atoms with Crippen molar-refractivity contribution in [2.24, 2.45) is 0 Å². The molecule has 0 aliphatic heterocycles. The van der Waals surface area contributed by atoms with E-state index in [9.17, 15) is 0 Å². The molecule has 0 bridgehead atoms. The molecule has 0 aliphatic carbocycles. The maximum absolute atomic E-state index is 9.10. The topological polar surface area (TPSA) is 115 Å². The quantitative estimate of drug-likeness (QED) is 0.439. The summed E-state index contributed by atoms with van der Waals surface area (Å²) in [7, 11) is 0. The van der Waals surface area contributed by atoms with Crippen LogP contribution in [0.2, 0.25) is 0 Å². The molecule has 0 rings (SSSR count). The number of rotatable bonds is 1. The average Bonchev–Trinajstić information content (AvgIpc) is 1.83. The number of carboxylic acid groups (broad SMARTS) is 2. The molecule has 0 aromatic rings. The lowest BCUT2D eigenvalue weighted by Gasteiger charge is -2.31. The molecule has 0 aromatic heterocycles. The van der Waals surface area contributed by atoms with Gasteiger partial charge in [-0.2, -0.15) is 0 Å². The minimum Gasteiger partial charge on any atom is -0.473 e. The minimum absolute atomic E-state index is 1.01. The van der Waals surface area contributed by atoms with Gasteiger partial charge in [0.05, 0.1) is 11.2 Å². The number of hydrogen-bond acceptors (Lipinski definition) is 4. The highest BCUT2D eigenvalue weighted by molar-refractivity contribution is 6.27. The molecule has 4 N–H and O–H groups in total. The molecule has 0 radical (unpaired) electrons. The maximum Gasteiger partial charge on any atom is 0.414 e. The van der Waals surface area contributed by atoms with Crippen LogP contribution in [-0.2, 0) is 9.59 Å². The molecule has 0 saturated carbocycles. The van der Waals surface area contributed by atoms with Crippen LogP contribution in [0.25, 0.3) is 0 Å². The van der Waals surface area contributed by atoms with Gasteiger partial charge in [-0.1, -0.05) is 0 Å².